The van der Waals surface area contributed by atoms with Crippen LogP contribution in [0.1, 0.15) is 41.5 Å². The minimum absolute atomic E-state index is 0.0738. The minimum atomic E-state index is -4.10. The Balaban J connectivity index is 2.09. The van der Waals surface area contributed by atoms with E-state index in [0.29, 0.717) is 20.6 Å². The van der Waals surface area contributed by atoms with Crippen molar-refractivity contribution in [3.8, 4) is 0 Å². The van der Waals surface area contributed by atoms with Gasteiger partial charge in [0.15, 0.2) is 0 Å². The van der Waals surface area contributed by atoms with Crippen LogP contribution >= 0.6 is 27.5 Å². The quantitative estimate of drug-likeness (QED) is 0.504. The summed E-state index contributed by atoms with van der Waals surface area (Å²) in [6.45, 7) is 5.20. The molecule has 2 N–H and O–H groups in total. The van der Waals surface area contributed by atoms with E-state index >= 15 is 0 Å². The summed E-state index contributed by atoms with van der Waals surface area (Å²) in [4.78, 5) is 11.4. The van der Waals surface area contributed by atoms with E-state index in [4.69, 9.17) is 16.0 Å². The molecule has 3 rings (SSSR count). The Bertz CT molecular complexity index is 1260. The lowest BCUT2D eigenvalue weighted by Crippen LogP contribution is -2.33. The smallest absolute Gasteiger partial charge is 0.391 e. The molecule has 7 nitrogen and oxygen atoms in total. The van der Waals surface area contributed by atoms with Gasteiger partial charge < -0.3 is 4.42 Å². The van der Waals surface area contributed by atoms with Gasteiger partial charge in [-0.05, 0) is 70.7 Å². The molecule has 1 aromatic heterocycles. The molecule has 0 aliphatic heterocycles. The lowest BCUT2D eigenvalue weighted by atomic mass is 9.88. The summed E-state index contributed by atoms with van der Waals surface area (Å²) >= 11 is 9.14. The second kappa shape index (κ2) is 8.62. The average molecular weight is 519 g/mol. The molecule has 2 aromatic carbocycles. The van der Waals surface area contributed by atoms with Gasteiger partial charge in [-0.3, -0.25) is 0 Å². The summed E-state index contributed by atoms with van der Waals surface area (Å²) in [6, 6.07) is 5.90. The number of hydrogen-bond acceptors (Lipinski definition) is 5. The minimum Gasteiger partial charge on any atom is -0.391 e. The predicted octanol–water partition coefficient (Wildman–Crippen LogP) is 4.36. The van der Waals surface area contributed by atoms with Crippen LogP contribution in [0.4, 0.5) is 4.39 Å². The van der Waals surface area contributed by atoms with Gasteiger partial charge in [-0.2, -0.15) is 4.72 Å². The Morgan fingerprint density at radius 2 is 1.97 bits per heavy atom. The molecule has 160 valence electrons. The highest BCUT2D eigenvalue weighted by Gasteiger charge is 2.33. The zero-order valence-corrected chi connectivity index (χ0v) is 19.3. The standard InChI is InChI=1S/C19H18BrClFN3O4S/c1-9-4-7-15(22)16(10(9)2)11(3)17(18-23-24-19(26)29-18)25-30(27,28)12-5-6-14(21)13(20)8-12/h4-8,11,17,25H,1-3H3,(H,24,26)/t11-,17+/m1/s1. The van der Waals surface area contributed by atoms with Crippen molar-refractivity contribution in [3.63, 3.8) is 0 Å². The molecule has 11 heteroatoms. The molecule has 1 heterocycles. The maximum atomic E-state index is 14.7. The normalized spacial score (nSPS) is 13.9. The van der Waals surface area contributed by atoms with Gasteiger partial charge in [0.25, 0.3) is 0 Å². The van der Waals surface area contributed by atoms with E-state index in [0.717, 1.165) is 5.56 Å². The first-order valence-corrected chi connectivity index (χ1v) is 11.4. The van der Waals surface area contributed by atoms with Gasteiger partial charge in [-0.15, -0.1) is 5.10 Å². The molecule has 0 aliphatic carbocycles. The van der Waals surface area contributed by atoms with Crippen molar-refractivity contribution in [1.29, 1.82) is 0 Å². The van der Waals surface area contributed by atoms with Crippen LogP contribution in [0.3, 0.4) is 0 Å². The molecule has 30 heavy (non-hydrogen) atoms. The fourth-order valence-corrected chi connectivity index (χ4v) is 5.09. The molecule has 0 spiro atoms. The lowest BCUT2D eigenvalue weighted by Gasteiger charge is -2.25. The number of nitrogens with one attached hydrogen (secondary N) is 2. The maximum Gasteiger partial charge on any atom is 0.434 e. The van der Waals surface area contributed by atoms with E-state index in [1.165, 1.54) is 24.3 Å². The molecule has 0 saturated heterocycles. The van der Waals surface area contributed by atoms with Gasteiger partial charge in [-0.1, -0.05) is 24.6 Å². The third-order valence-electron chi connectivity index (χ3n) is 4.89. The van der Waals surface area contributed by atoms with E-state index in [1.807, 2.05) is 6.92 Å². The van der Waals surface area contributed by atoms with Crippen molar-refractivity contribution in [2.45, 2.75) is 37.6 Å². The Morgan fingerprint density at radius 1 is 1.27 bits per heavy atom. The van der Waals surface area contributed by atoms with Crippen molar-refractivity contribution >= 4 is 37.6 Å². The summed E-state index contributed by atoms with van der Waals surface area (Å²) in [6.07, 6.45) is 0. The Morgan fingerprint density at radius 3 is 2.57 bits per heavy atom. The first-order chi connectivity index (χ1) is 14.0. The predicted molar refractivity (Wildman–Crippen MR) is 114 cm³/mol. The van der Waals surface area contributed by atoms with E-state index in [1.54, 1.807) is 19.9 Å². The second-order valence-electron chi connectivity index (χ2n) is 6.82. The molecule has 0 fully saturated rings. The van der Waals surface area contributed by atoms with Gasteiger partial charge in [0.05, 0.1) is 9.92 Å². The number of nitrogens with zero attached hydrogens (tertiary/aromatic N) is 1. The topological polar surface area (TPSA) is 105 Å². The molecule has 0 saturated carbocycles. The molecule has 0 amide bonds. The van der Waals surface area contributed by atoms with Crippen LogP contribution in [0.15, 0.2) is 48.9 Å². The molecular formula is C19H18BrClFN3O4S. The van der Waals surface area contributed by atoms with Crippen LogP contribution in [0, 0.1) is 19.7 Å². The molecule has 0 aliphatic rings. The van der Waals surface area contributed by atoms with Crippen LogP contribution in [0.25, 0.3) is 0 Å². The molecule has 0 radical (unpaired) electrons. The van der Waals surface area contributed by atoms with Gasteiger partial charge in [0, 0.05) is 10.4 Å². The summed E-state index contributed by atoms with van der Waals surface area (Å²) in [7, 11) is -4.10. The Hall–Kier alpha value is -2.01. The van der Waals surface area contributed by atoms with Gasteiger partial charge in [0.1, 0.15) is 11.9 Å². The van der Waals surface area contributed by atoms with Gasteiger partial charge >= 0.3 is 5.76 Å². The first-order valence-electron chi connectivity index (χ1n) is 8.79. The van der Waals surface area contributed by atoms with E-state index in [2.05, 4.69) is 30.8 Å². The van der Waals surface area contributed by atoms with E-state index in [9.17, 15) is 17.6 Å². The highest BCUT2D eigenvalue weighted by atomic mass is 79.9. The first kappa shape index (κ1) is 22.7. The zero-order chi connectivity index (χ0) is 22.2. The highest BCUT2D eigenvalue weighted by Crippen LogP contribution is 2.35. The fourth-order valence-electron chi connectivity index (χ4n) is 3.15. The molecular weight excluding hydrogens is 501 g/mol. The lowest BCUT2D eigenvalue weighted by molar-refractivity contribution is 0.377. The number of rotatable bonds is 6. The van der Waals surface area contributed by atoms with Crippen molar-refractivity contribution in [2.24, 2.45) is 0 Å². The van der Waals surface area contributed by atoms with Crippen LogP contribution in [-0.4, -0.2) is 18.6 Å². The Kier molecular flexibility index (Phi) is 6.51. The van der Waals surface area contributed by atoms with Gasteiger partial charge in [0.2, 0.25) is 15.9 Å². The number of sulfonamides is 1. The number of halogens is 3. The number of benzene rings is 2. The van der Waals surface area contributed by atoms with Crippen molar-refractivity contribution in [2.75, 3.05) is 0 Å². The summed E-state index contributed by atoms with van der Waals surface area (Å²) < 4.78 is 48.7. The maximum absolute atomic E-state index is 14.7. The summed E-state index contributed by atoms with van der Waals surface area (Å²) in [5, 5.41) is 6.22. The number of H-pyrrole nitrogens is 1. The number of aromatic amines is 1. The molecule has 0 unspecified atom stereocenters. The van der Waals surface area contributed by atoms with Crippen molar-refractivity contribution < 1.29 is 17.2 Å². The summed E-state index contributed by atoms with van der Waals surface area (Å²) in [5.74, 6) is -2.30. The number of aryl methyl sites for hydroxylation is 1. The fraction of sp³-hybridized carbons (Fsp3) is 0.263. The van der Waals surface area contributed by atoms with Crippen molar-refractivity contribution in [3.05, 3.63) is 78.8 Å². The van der Waals surface area contributed by atoms with Crippen LogP contribution in [0.2, 0.25) is 5.02 Å². The Labute approximate surface area is 185 Å². The van der Waals surface area contributed by atoms with Crippen molar-refractivity contribution in [1.82, 2.24) is 14.9 Å². The second-order valence-corrected chi connectivity index (χ2v) is 9.79. The average Bonchev–Trinajstić information content (AvgIpc) is 3.11. The number of aromatic nitrogens is 2. The van der Waals surface area contributed by atoms with Gasteiger partial charge in [-0.25, -0.2) is 22.7 Å². The monoisotopic (exact) mass is 517 g/mol. The summed E-state index contributed by atoms with van der Waals surface area (Å²) in [5.41, 5.74) is 1.80. The van der Waals surface area contributed by atoms with Crippen LogP contribution < -0.4 is 10.5 Å². The largest absolute Gasteiger partial charge is 0.434 e. The van der Waals surface area contributed by atoms with Crippen LogP contribution in [0.5, 0.6) is 0 Å². The SMILES string of the molecule is Cc1ccc(F)c([C@@H](C)[C@H](NS(=O)(=O)c2ccc(Cl)c(Br)c2)c2n[nH]c(=O)o2)c1C. The van der Waals surface area contributed by atoms with E-state index in [-0.39, 0.29) is 10.8 Å². The van der Waals surface area contributed by atoms with Crippen LogP contribution in [-0.2, 0) is 10.0 Å². The molecule has 3 aromatic rings. The molecule has 2 atom stereocenters. The molecule has 0 bridgehead atoms. The number of hydrogen-bond donors (Lipinski definition) is 2. The third kappa shape index (κ3) is 4.51. The third-order valence-corrected chi connectivity index (χ3v) is 7.54. The zero-order valence-electron chi connectivity index (χ0n) is 16.2. The van der Waals surface area contributed by atoms with E-state index < -0.39 is 33.6 Å². The highest BCUT2D eigenvalue weighted by molar-refractivity contribution is 9.10.